The minimum absolute atomic E-state index is 0.00338. The Balaban J connectivity index is 1.17. The van der Waals surface area contributed by atoms with Crippen molar-refractivity contribution in [1.82, 2.24) is 0 Å². The second-order valence-electron chi connectivity index (χ2n) is 10.6. The highest BCUT2D eigenvalue weighted by atomic mass is 79.9. The van der Waals surface area contributed by atoms with Gasteiger partial charge in [0.05, 0.1) is 36.2 Å². The zero-order chi connectivity index (χ0) is 27.7. The van der Waals surface area contributed by atoms with Gasteiger partial charge in [-0.2, -0.15) is 0 Å². The molecule has 2 aliphatic carbocycles. The number of rotatable bonds is 5. The fourth-order valence-electron chi connectivity index (χ4n) is 6.70. The Kier molecular flexibility index (Phi) is 6.79. The number of benzene rings is 2. The first-order valence-corrected chi connectivity index (χ1v) is 14.9. The minimum atomic E-state index is -0.674. The summed E-state index contributed by atoms with van der Waals surface area (Å²) in [7, 11) is 1.50. The summed E-state index contributed by atoms with van der Waals surface area (Å²) in [5.41, 5.74) is 1.65. The molecule has 2 saturated carbocycles. The number of nitrogens with zero attached hydrogens (tertiary/aromatic N) is 2. The summed E-state index contributed by atoms with van der Waals surface area (Å²) >= 11 is 13.5. The Morgan fingerprint density at radius 3 is 2.26 bits per heavy atom. The maximum Gasteiger partial charge on any atom is 0.316 e. The third-order valence-electron chi connectivity index (χ3n) is 8.50. The van der Waals surface area contributed by atoms with E-state index in [1.165, 1.54) is 16.9 Å². The van der Waals surface area contributed by atoms with E-state index in [2.05, 4.69) is 31.9 Å². The van der Waals surface area contributed by atoms with Crippen LogP contribution < -0.4 is 19.3 Å². The molecule has 8 nitrogen and oxygen atoms in total. The smallest absolute Gasteiger partial charge is 0.316 e. The highest BCUT2D eigenvalue weighted by Gasteiger charge is 2.66. The summed E-state index contributed by atoms with van der Waals surface area (Å²) in [6.45, 7) is 1.92. The van der Waals surface area contributed by atoms with Crippen molar-refractivity contribution in [2.24, 2.45) is 29.6 Å². The van der Waals surface area contributed by atoms with E-state index >= 15 is 0 Å². The lowest BCUT2D eigenvalue weighted by molar-refractivity contribution is -0.139. The van der Waals surface area contributed by atoms with Gasteiger partial charge in [0.2, 0.25) is 17.7 Å². The quantitative estimate of drug-likeness (QED) is 0.193. The number of anilines is 2. The van der Waals surface area contributed by atoms with E-state index in [1.807, 2.05) is 0 Å². The van der Waals surface area contributed by atoms with Gasteiger partial charge in [0.25, 0.3) is 0 Å². The molecule has 39 heavy (non-hydrogen) atoms. The van der Waals surface area contributed by atoms with Crippen molar-refractivity contribution in [3.63, 3.8) is 0 Å². The number of imide groups is 1. The summed E-state index contributed by atoms with van der Waals surface area (Å²) in [5.74, 6) is -1.34. The lowest BCUT2D eigenvalue weighted by Crippen LogP contribution is -2.37. The second-order valence-corrected chi connectivity index (χ2v) is 13.2. The molecular formula is C28H25Br2ClN2O6. The van der Waals surface area contributed by atoms with Crippen LogP contribution in [0.15, 0.2) is 36.4 Å². The number of carbonyl (C=O) groups excluding carboxylic acids is 4. The molecule has 2 aromatic carbocycles. The van der Waals surface area contributed by atoms with Gasteiger partial charge in [-0.25, -0.2) is 4.90 Å². The van der Waals surface area contributed by atoms with Crippen LogP contribution in [0, 0.1) is 36.5 Å². The maximum atomic E-state index is 13.4. The monoisotopic (exact) mass is 678 g/mol. The molecule has 0 spiro atoms. The van der Waals surface area contributed by atoms with Crippen LogP contribution in [-0.4, -0.2) is 47.0 Å². The first kappa shape index (κ1) is 26.8. The highest BCUT2D eigenvalue weighted by Crippen LogP contribution is 2.60. The molecule has 3 amide bonds. The first-order valence-electron chi connectivity index (χ1n) is 12.7. The van der Waals surface area contributed by atoms with Crippen molar-refractivity contribution in [2.45, 2.75) is 29.4 Å². The lowest BCUT2D eigenvalue weighted by Gasteiger charge is -2.28. The predicted octanol–water partition coefficient (Wildman–Crippen LogP) is 4.90. The van der Waals surface area contributed by atoms with Gasteiger partial charge < -0.3 is 14.4 Å². The summed E-state index contributed by atoms with van der Waals surface area (Å²) in [6.07, 6.45) is 0.863. The largest absolute Gasteiger partial charge is 0.495 e. The number of hydrogen-bond donors (Lipinski definition) is 0. The Labute approximate surface area is 247 Å². The minimum Gasteiger partial charge on any atom is -0.495 e. The molecule has 204 valence electrons. The SMILES string of the molecule is COc1ccc(Cl)cc1N1C[C@H](C(=O)Oc2ccc(N3C(=O)[C@@H]4[C@H]5C[C@@H]([C@@H](Br)[C@H]5Br)[C@H]4C3=O)c(C)c2)CC1=O. The van der Waals surface area contributed by atoms with Crippen LogP contribution in [0.3, 0.4) is 0 Å². The zero-order valence-corrected chi connectivity index (χ0v) is 25.0. The second kappa shape index (κ2) is 9.89. The van der Waals surface area contributed by atoms with Crippen molar-refractivity contribution < 1.29 is 28.7 Å². The van der Waals surface area contributed by atoms with Crippen LogP contribution in [0.2, 0.25) is 5.02 Å². The van der Waals surface area contributed by atoms with Crippen LogP contribution in [0.25, 0.3) is 0 Å². The van der Waals surface area contributed by atoms with Gasteiger partial charge in [-0.05, 0) is 67.1 Å². The van der Waals surface area contributed by atoms with Crippen molar-refractivity contribution in [2.75, 3.05) is 23.5 Å². The van der Waals surface area contributed by atoms with Crippen LogP contribution >= 0.6 is 43.5 Å². The Morgan fingerprint density at radius 2 is 1.64 bits per heavy atom. The standard InChI is InChI=1S/C28H25Br2ClN2O6/c1-12-7-15(39-28(37)13-8-21(34)32(11-13)19-9-14(31)3-6-20(19)38-2)4-5-18(12)33-26(35)22-16-10-17(23(22)27(33)36)25(30)24(16)29/h3-7,9,13,16-17,22-25H,8,10-11H2,1-2H3/t13-,16-,17-,22-,23-,24-,25+/m1/s1. The molecule has 2 saturated heterocycles. The number of halogens is 3. The highest BCUT2D eigenvalue weighted by molar-refractivity contribution is 9.12. The van der Waals surface area contributed by atoms with Gasteiger partial charge in [-0.1, -0.05) is 43.5 Å². The third kappa shape index (κ3) is 4.21. The third-order valence-corrected chi connectivity index (χ3v) is 11.9. The number of esters is 1. The van der Waals surface area contributed by atoms with E-state index in [1.54, 1.807) is 43.3 Å². The molecule has 2 aliphatic heterocycles. The van der Waals surface area contributed by atoms with Gasteiger partial charge in [-0.3, -0.25) is 19.2 Å². The molecule has 4 aliphatic rings. The van der Waals surface area contributed by atoms with Gasteiger partial charge in [0, 0.05) is 27.6 Å². The van der Waals surface area contributed by atoms with Crippen LogP contribution in [0.5, 0.6) is 11.5 Å². The summed E-state index contributed by atoms with van der Waals surface area (Å²) in [5, 5.41) is 0.450. The lowest BCUT2D eigenvalue weighted by atomic mass is 9.81. The fraction of sp³-hybridized carbons (Fsp3) is 0.429. The van der Waals surface area contributed by atoms with Gasteiger partial charge in [0.1, 0.15) is 11.5 Å². The molecule has 0 unspecified atom stereocenters. The zero-order valence-electron chi connectivity index (χ0n) is 21.1. The molecule has 2 bridgehead atoms. The first-order chi connectivity index (χ1) is 18.6. The van der Waals surface area contributed by atoms with Gasteiger partial charge in [0.15, 0.2) is 0 Å². The van der Waals surface area contributed by atoms with Crippen molar-refractivity contribution in [1.29, 1.82) is 0 Å². The Morgan fingerprint density at radius 1 is 0.974 bits per heavy atom. The molecule has 0 radical (unpaired) electrons. The summed E-state index contributed by atoms with van der Waals surface area (Å²) in [4.78, 5) is 55.7. The number of alkyl halides is 2. The van der Waals surface area contributed by atoms with Crippen LogP contribution in [-0.2, 0) is 19.2 Å². The number of ether oxygens (including phenoxy) is 2. The maximum absolute atomic E-state index is 13.4. The molecule has 0 aromatic heterocycles. The number of aryl methyl sites for hydroxylation is 1. The molecule has 4 fully saturated rings. The average Bonchev–Trinajstić information content (AvgIpc) is 3.62. The van der Waals surface area contributed by atoms with Gasteiger partial charge in [-0.15, -0.1) is 0 Å². The fourth-order valence-corrected chi connectivity index (χ4v) is 8.74. The van der Waals surface area contributed by atoms with Crippen LogP contribution in [0.1, 0.15) is 18.4 Å². The van der Waals surface area contributed by atoms with Gasteiger partial charge >= 0.3 is 5.97 Å². The number of hydrogen-bond acceptors (Lipinski definition) is 6. The van der Waals surface area contributed by atoms with E-state index in [0.29, 0.717) is 27.7 Å². The van der Waals surface area contributed by atoms with E-state index in [-0.39, 0.29) is 69.8 Å². The topological polar surface area (TPSA) is 93.2 Å². The normalized spacial score (nSPS) is 31.3. The van der Waals surface area contributed by atoms with Crippen molar-refractivity contribution in [3.05, 3.63) is 47.0 Å². The summed E-state index contributed by atoms with van der Waals surface area (Å²) in [6, 6.07) is 9.84. The van der Waals surface area contributed by atoms with Crippen LogP contribution in [0.4, 0.5) is 11.4 Å². The molecule has 2 heterocycles. The number of methoxy groups -OCH3 is 1. The van der Waals surface area contributed by atoms with E-state index < -0.39 is 11.9 Å². The predicted molar refractivity (Wildman–Crippen MR) is 152 cm³/mol. The average molecular weight is 681 g/mol. The number of amides is 3. The Hall–Kier alpha value is -2.43. The molecule has 6 rings (SSSR count). The summed E-state index contributed by atoms with van der Waals surface area (Å²) < 4.78 is 11.0. The molecule has 7 atom stereocenters. The molecule has 0 N–H and O–H groups in total. The number of fused-ring (bicyclic) bond motifs is 5. The number of carbonyl (C=O) groups is 4. The van der Waals surface area contributed by atoms with Crippen molar-refractivity contribution in [3.8, 4) is 11.5 Å². The Bertz CT molecular complexity index is 1390. The molecule has 11 heteroatoms. The molecule has 2 aromatic rings. The van der Waals surface area contributed by atoms with E-state index in [0.717, 1.165) is 6.42 Å². The molecular weight excluding hydrogens is 656 g/mol. The van der Waals surface area contributed by atoms with E-state index in [9.17, 15) is 19.2 Å². The van der Waals surface area contributed by atoms with Crippen molar-refractivity contribution >= 4 is 78.5 Å². The van der Waals surface area contributed by atoms with E-state index in [4.69, 9.17) is 21.1 Å².